The first-order valence-electron chi connectivity index (χ1n) is 25.4. The number of carboxylic acids is 3. The second-order valence-corrected chi connectivity index (χ2v) is 21.5. The molecule has 0 saturated carbocycles. The number of aliphatic carboxylic acids is 3. The maximum Gasteiger partial charge on any atom is 0.321 e. The first-order valence-corrected chi connectivity index (χ1v) is 27.6. The van der Waals surface area contributed by atoms with Crippen molar-refractivity contribution in [3.8, 4) is 11.1 Å². The van der Waals surface area contributed by atoms with Crippen molar-refractivity contribution in [1.82, 2.24) is 9.47 Å². The van der Waals surface area contributed by atoms with Crippen molar-refractivity contribution in [3.63, 3.8) is 0 Å². The van der Waals surface area contributed by atoms with E-state index in [1.165, 1.54) is 0 Å². The van der Waals surface area contributed by atoms with Crippen molar-refractivity contribution in [2.75, 3.05) is 83.2 Å². The van der Waals surface area contributed by atoms with Crippen LogP contribution in [0.2, 0.25) is 0 Å². The summed E-state index contributed by atoms with van der Waals surface area (Å²) in [6, 6.07) is 12.9. The summed E-state index contributed by atoms with van der Waals surface area (Å²) in [6.07, 6.45) is 3.01. The topological polar surface area (TPSA) is 277 Å². The number of hydrogen-bond acceptors (Lipinski definition) is 15. The number of benzene rings is 2. The molecule has 0 saturated heterocycles. The third kappa shape index (κ3) is 24.9. The molecule has 0 aliphatic rings. The van der Waals surface area contributed by atoms with Gasteiger partial charge in [-0.2, -0.15) is 11.8 Å². The molecule has 0 bridgehead atoms. The summed E-state index contributed by atoms with van der Waals surface area (Å²) in [7, 11) is 0. The Morgan fingerprint density at radius 3 is 1.91 bits per heavy atom. The number of carbonyl (C=O) groups is 7. The van der Waals surface area contributed by atoms with Gasteiger partial charge in [-0.3, -0.25) is 33.6 Å². The van der Waals surface area contributed by atoms with E-state index in [4.69, 9.17) is 35.5 Å². The zero-order chi connectivity index (χ0) is 56.0. The van der Waals surface area contributed by atoms with Crippen LogP contribution in [0.5, 0.6) is 0 Å². The Kier molecular flexibility index (Phi) is 30.3. The average Bonchev–Trinajstić information content (AvgIpc) is 3.76. The number of carboxylic acid groups (broad SMARTS) is 3. The summed E-state index contributed by atoms with van der Waals surface area (Å²) < 4.78 is 53.6. The van der Waals surface area contributed by atoms with Crippen molar-refractivity contribution in [2.45, 2.75) is 102 Å². The minimum absolute atomic E-state index is 0.00227. The Morgan fingerprint density at radius 1 is 0.697 bits per heavy atom. The van der Waals surface area contributed by atoms with Crippen molar-refractivity contribution in [3.05, 3.63) is 83.7 Å². The Labute approximate surface area is 452 Å². The summed E-state index contributed by atoms with van der Waals surface area (Å²) in [5.41, 5.74) is 13.0. The second-order valence-electron chi connectivity index (χ2n) is 19.2. The molecule has 0 spiro atoms. The predicted molar refractivity (Wildman–Crippen MR) is 286 cm³/mol. The number of carbonyl (C=O) groups excluding carboxylic acids is 4. The van der Waals surface area contributed by atoms with Gasteiger partial charge in [0.2, 0.25) is 5.91 Å². The van der Waals surface area contributed by atoms with Crippen molar-refractivity contribution >= 4 is 64.7 Å². The van der Waals surface area contributed by atoms with Crippen LogP contribution in [-0.2, 0) is 59.1 Å². The van der Waals surface area contributed by atoms with Crippen LogP contribution in [0.25, 0.3) is 11.1 Å². The number of nitrogens with two attached hydrogens (primary N) is 2. The number of aromatic nitrogens is 1. The quantitative estimate of drug-likeness (QED) is 0.0370. The van der Waals surface area contributed by atoms with Crippen LogP contribution in [0.3, 0.4) is 0 Å². The lowest BCUT2D eigenvalue weighted by Gasteiger charge is -2.41. The molecule has 22 heteroatoms. The number of nitrogens with zero attached hydrogens (tertiary/aromatic N) is 2. The maximum absolute atomic E-state index is 15.2. The number of amides is 1. The number of ketones is 3. The highest BCUT2D eigenvalue weighted by molar-refractivity contribution is 8.00. The molecule has 76 heavy (non-hydrogen) atoms. The maximum atomic E-state index is 15.2. The third-order valence-corrected chi connectivity index (χ3v) is 14.3. The first kappa shape index (κ1) is 65.2. The highest BCUT2D eigenvalue weighted by Gasteiger charge is 2.37. The zero-order valence-corrected chi connectivity index (χ0v) is 45.4. The minimum Gasteiger partial charge on any atom is -0.481 e. The van der Waals surface area contributed by atoms with Crippen molar-refractivity contribution in [2.24, 2.45) is 22.8 Å². The Bertz CT molecular complexity index is 2300. The largest absolute Gasteiger partial charge is 0.481 e. The summed E-state index contributed by atoms with van der Waals surface area (Å²) in [6.45, 7) is 9.05. The fourth-order valence-electron chi connectivity index (χ4n) is 7.98. The van der Waals surface area contributed by atoms with Gasteiger partial charge in [0.1, 0.15) is 40.3 Å². The lowest BCUT2D eigenvalue weighted by Crippen LogP contribution is -2.44. The van der Waals surface area contributed by atoms with Gasteiger partial charge in [-0.05, 0) is 61.1 Å². The van der Waals surface area contributed by atoms with Gasteiger partial charge in [-0.15, -0.1) is 11.8 Å². The highest BCUT2D eigenvalue weighted by atomic mass is 32.2. The summed E-state index contributed by atoms with van der Waals surface area (Å²) >= 11 is 1.93. The van der Waals surface area contributed by atoms with Crippen LogP contribution in [-0.4, -0.2) is 160 Å². The fraction of sp³-hybridized carbons (Fsp3) is 0.574. The van der Waals surface area contributed by atoms with Gasteiger partial charge < -0.3 is 55.2 Å². The average molecular weight is 1110 g/mol. The molecule has 7 N–H and O–H groups in total. The molecule has 0 aliphatic carbocycles. The summed E-state index contributed by atoms with van der Waals surface area (Å²) in [5.74, 6) is -6.96. The molecule has 4 atom stereocenters. The molecule has 2 aromatic carbocycles. The number of rotatable bonds is 42. The Balaban J connectivity index is 1.33. The van der Waals surface area contributed by atoms with Gasteiger partial charge in [-0.25, -0.2) is 8.78 Å². The molecule has 3 rings (SSSR count). The molecule has 1 amide bonds. The molecule has 1 unspecified atom stereocenters. The fourth-order valence-corrected chi connectivity index (χ4v) is 10.0. The standard InChI is InChI=1S/C54H76F2N4O14S2/c1-54(2,3)50(47-29-38(44-30-40(55)15-16-45(44)56)33-59(47)32-37-10-5-4-6-11-37)60(19-9-18-57)49(64)36-75-34-39(51(65)66)28-43(63)17-21-72-23-25-74-27-26-73-24-22-71-20-8-14-41(61)12-7-13-42(62)31-48(53(69)70)76-35-46(58)52(67)68/h4-6,10-11,15-16,29-30,33,39,46,48,50H,7-9,12-14,17-28,31-32,34-36,57-58H2,1-3H3,(H,65,66)(H,67,68)(H,69,70)/t39-,46-,48?,50-/m0/s1. The lowest BCUT2D eigenvalue weighted by molar-refractivity contribution is -0.143. The van der Waals surface area contributed by atoms with Gasteiger partial charge >= 0.3 is 17.9 Å². The SMILES string of the molecule is CC(C)(C)[C@H](c1cc(-c2cc(F)ccc2F)cn1Cc1ccccc1)N(CCCN)C(=O)CSC[C@H](CC(=O)CCOCCOCCOCCOCCCC(=O)CCCC(=O)CC(SC[C@H](N)C(=O)O)C(=O)O)C(=O)O. The molecule has 18 nitrogen and oxygen atoms in total. The van der Waals surface area contributed by atoms with Gasteiger partial charge in [0.05, 0.1) is 64.0 Å². The normalized spacial score (nSPS) is 13.2. The smallest absolute Gasteiger partial charge is 0.321 e. The predicted octanol–water partition coefficient (Wildman–Crippen LogP) is 6.67. The summed E-state index contributed by atoms with van der Waals surface area (Å²) in [5, 5.41) is 27.1. The van der Waals surface area contributed by atoms with Gasteiger partial charge in [0.15, 0.2) is 0 Å². The number of halogens is 2. The van der Waals surface area contributed by atoms with Gasteiger partial charge in [-0.1, -0.05) is 51.1 Å². The van der Waals surface area contributed by atoms with Crippen LogP contribution in [0, 0.1) is 23.0 Å². The molecular weight excluding hydrogens is 1030 g/mol. The molecule has 3 aromatic rings. The van der Waals surface area contributed by atoms with Crippen LogP contribution in [0.1, 0.15) is 95.9 Å². The van der Waals surface area contributed by atoms with E-state index in [2.05, 4.69) is 0 Å². The Hall–Kier alpha value is -5.07. The lowest BCUT2D eigenvalue weighted by atomic mass is 9.83. The van der Waals surface area contributed by atoms with Gasteiger partial charge in [0.25, 0.3) is 0 Å². The van der Waals surface area contributed by atoms with Crippen LogP contribution in [0.4, 0.5) is 8.78 Å². The monoisotopic (exact) mass is 1110 g/mol. The number of thioether (sulfide) groups is 2. The summed E-state index contributed by atoms with van der Waals surface area (Å²) in [4.78, 5) is 87.8. The minimum atomic E-state index is -1.26. The zero-order valence-electron chi connectivity index (χ0n) is 43.8. The molecule has 0 aliphatic heterocycles. The number of ether oxygens (including phenoxy) is 4. The van der Waals surface area contributed by atoms with Crippen LogP contribution in [0.15, 0.2) is 60.8 Å². The molecule has 422 valence electrons. The highest BCUT2D eigenvalue weighted by Crippen LogP contribution is 2.41. The molecule has 1 heterocycles. The van der Waals surface area contributed by atoms with Crippen molar-refractivity contribution in [1.29, 1.82) is 0 Å². The van der Waals surface area contributed by atoms with Gasteiger partial charge in [0, 0.05) is 92.7 Å². The van der Waals surface area contributed by atoms with Crippen molar-refractivity contribution < 1.29 is 76.6 Å². The second kappa shape index (κ2) is 35.4. The van der Waals surface area contributed by atoms with E-state index in [1.807, 2.05) is 55.7 Å². The van der Waals surface area contributed by atoms with Crippen LogP contribution >= 0.6 is 23.5 Å². The molecular formula is C54H76F2N4O14S2. The number of hydrogen-bond donors (Lipinski definition) is 5. The first-order chi connectivity index (χ1) is 36.2. The van der Waals surface area contributed by atoms with E-state index >= 15 is 4.39 Å². The van der Waals surface area contributed by atoms with E-state index in [0.717, 1.165) is 47.3 Å². The Morgan fingerprint density at radius 2 is 1.30 bits per heavy atom. The molecule has 0 fully saturated rings. The van der Waals surface area contributed by atoms with E-state index in [-0.39, 0.29) is 117 Å². The molecule has 1 aromatic heterocycles. The van der Waals surface area contributed by atoms with E-state index in [1.54, 1.807) is 17.2 Å². The number of Topliss-reactive ketones (excluding diaryl/α,β-unsaturated/α-hetero) is 3. The third-order valence-electron chi connectivity index (χ3n) is 11.8. The van der Waals surface area contributed by atoms with E-state index in [0.29, 0.717) is 70.2 Å². The van der Waals surface area contributed by atoms with E-state index in [9.17, 15) is 48.2 Å². The van der Waals surface area contributed by atoms with E-state index < -0.39 is 58.2 Å². The molecule has 0 radical (unpaired) electrons. The van der Waals surface area contributed by atoms with Crippen LogP contribution < -0.4 is 11.5 Å².